The molecule has 4 atom stereocenters. The molecule has 11 nitrogen and oxygen atoms in total. The fourth-order valence-electron chi connectivity index (χ4n) is 6.05. The van der Waals surface area contributed by atoms with Gasteiger partial charge in [-0.15, -0.1) is 0 Å². The Morgan fingerprint density at radius 3 is 2.49 bits per heavy atom. The van der Waals surface area contributed by atoms with Crippen LogP contribution in [0.4, 0.5) is 12.0 Å². The Bertz CT molecular complexity index is 1080. The lowest BCUT2D eigenvalue weighted by Crippen LogP contribution is -2.52. The van der Waals surface area contributed by atoms with Crippen LogP contribution < -0.4 is 20.3 Å². The first-order valence-electron chi connectivity index (χ1n) is 14.6. The Morgan fingerprint density at radius 2 is 1.82 bits per heavy atom. The smallest absolute Gasteiger partial charge is 0.324 e. The van der Waals surface area contributed by atoms with Gasteiger partial charge in [0.25, 0.3) is 0 Å². The molecule has 5 heterocycles. The van der Waals surface area contributed by atoms with E-state index in [4.69, 9.17) is 15.0 Å². The van der Waals surface area contributed by atoms with E-state index >= 15 is 0 Å². The maximum atomic E-state index is 12.6. The van der Waals surface area contributed by atoms with Crippen LogP contribution in [0.1, 0.15) is 71.5 Å². The number of carbonyl (C=O) groups is 1. The second-order valence-electron chi connectivity index (χ2n) is 12.1. The maximum absolute atomic E-state index is 12.6. The third kappa shape index (κ3) is 6.45. The van der Waals surface area contributed by atoms with Gasteiger partial charge >= 0.3 is 6.01 Å². The second kappa shape index (κ2) is 12.1. The van der Waals surface area contributed by atoms with Gasteiger partial charge in [-0.2, -0.15) is 4.98 Å². The summed E-state index contributed by atoms with van der Waals surface area (Å²) in [5.74, 6) is 4.24. The zero-order valence-electron chi connectivity index (χ0n) is 23.8. The van der Waals surface area contributed by atoms with Crippen LogP contribution in [0.3, 0.4) is 0 Å². The van der Waals surface area contributed by atoms with Crippen LogP contribution >= 0.6 is 0 Å². The predicted molar refractivity (Wildman–Crippen MR) is 149 cm³/mol. The molecule has 3 aliphatic rings. The third-order valence-electron chi connectivity index (χ3n) is 8.74. The number of hydrogen-bond acceptors (Lipinski definition) is 10. The number of anilines is 2. The van der Waals surface area contributed by atoms with E-state index in [9.17, 15) is 4.79 Å². The Labute approximate surface area is 231 Å². The number of piperidine rings is 2. The summed E-state index contributed by atoms with van der Waals surface area (Å²) in [6.07, 6.45) is 8.34. The molecule has 214 valence electrons. The van der Waals surface area contributed by atoms with Gasteiger partial charge in [-0.05, 0) is 43.4 Å². The summed E-state index contributed by atoms with van der Waals surface area (Å²) in [7, 11) is 0. The minimum absolute atomic E-state index is 0.0161. The summed E-state index contributed by atoms with van der Waals surface area (Å²) in [6.45, 7) is 13.2. The van der Waals surface area contributed by atoms with E-state index in [0.29, 0.717) is 61.6 Å². The van der Waals surface area contributed by atoms with Gasteiger partial charge in [0.1, 0.15) is 0 Å². The van der Waals surface area contributed by atoms with Gasteiger partial charge in [0.2, 0.25) is 11.9 Å². The van der Waals surface area contributed by atoms with Crippen molar-refractivity contribution in [2.45, 2.75) is 77.8 Å². The van der Waals surface area contributed by atoms with Gasteiger partial charge in [-0.25, -0.2) is 9.97 Å². The standard InChI is InChI=1S/C28H44N8O3/c1-18(2)26-32-28(39-33-26)34-9-6-21(7-10-34)20(4)8-12-38-22-14-30-27(31-15-22)35-16-23(29)24(17-35)36-11-5-19(3)13-25(36)37/h14-15,18-21,23-24H,5-13,16-17,29H2,1-4H3/t19?,20-,23+,24+/m1/s1. The first-order chi connectivity index (χ1) is 18.8. The van der Waals surface area contributed by atoms with Gasteiger partial charge in [0.05, 0.1) is 25.0 Å². The van der Waals surface area contributed by atoms with Crippen molar-refractivity contribution in [1.29, 1.82) is 0 Å². The highest BCUT2D eigenvalue weighted by atomic mass is 16.5. The number of ether oxygens (including phenoxy) is 1. The molecule has 2 N–H and O–H groups in total. The minimum atomic E-state index is -0.0974. The van der Waals surface area contributed by atoms with Crippen molar-refractivity contribution in [1.82, 2.24) is 25.0 Å². The number of nitrogens with zero attached hydrogens (tertiary/aromatic N) is 7. The van der Waals surface area contributed by atoms with E-state index in [-0.39, 0.29) is 23.9 Å². The molecule has 0 saturated carbocycles. The molecule has 5 rings (SSSR count). The van der Waals surface area contributed by atoms with Crippen molar-refractivity contribution in [2.24, 2.45) is 23.5 Å². The van der Waals surface area contributed by atoms with E-state index in [2.05, 4.69) is 57.6 Å². The van der Waals surface area contributed by atoms with E-state index in [0.717, 1.165) is 51.1 Å². The van der Waals surface area contributed by atoms with Crippen molar-refractivity contribution in [3.63, 3.8) is 0 Å². The lowest BCUT2D eigenvalue weighted by atomic mass is 9.84. The molecule has 11 heteroatoms. The zero-order valence-corrected chi connectivity index (χ0v) is 23.8. The highest BCUT2D eigenvalue weighted by Gasteiger charge is 2.39. The van der Waals surface area contributed by atoms with E-state index < -0.39 is 0 Å². The van der Waals surface area contributed by atoms with E-state index in [1.54, 1.807) is 12.4 Å². The van der Waals surface area contributed by atoms with Crippen LogP contribution in [0.2, 0.25) is 0 Å². The summed E-state index contributed by atoms with van der Waals surface area (Å²) < 4.78 is 11.5. The van der Waals surface area contributed by atoms with Crippen LogP contribution in [0, 0.1) is 17.8 Å². The van der Waals surface area contributed by atoms with E-state index in [1.807, 2.05) is 4.90 Å². The second-order valence-corrected chi connectivity index (χ2v) is 12.1. The molecule has 3 saturated heterocycles. The molecule has 1 unspecified atom stereocenters. The van der Waals surface area contributed by atoms with Crippen molar-refractivity contribution < 1.29 is 14.1 Å². The normalized spacial score (nSPS) is 25.5. The number of likely N-dealkylation sites (tertiary alicyclic amines) is 1. The Balaban J connectivity index is 1.04. The van der Waals surface area contributed by atoms with Crippen molar-refractivity contribution >= 4 is 17.9 Å². The molecular weight excluding hydrogens is 496 g/mol. The molecule has 3 fully saturated rings. The molecule has 39 heavy (non-hydrogen) atoms. The number of hydrogen-bond donors (Lipinski definition) is 1. The lowest BCUT2D eigenvalue weighted by molar-refractivity contribution is -0.137. The lowest BCUT2D eigenvalue weighted by Gasteiger charge is -2.36. The summed E-state index contributed by atoms with van der Waals surface area (Å²) in [5, 5.41) is 4.10. The largest absolute Gasteiger partial charge is 0.490 e. The van der Waals surface area contributed by atoms with Gasteiger partial charge in [0.15, 0.2) is 11.6 Å². The number of rotatable bonds is 9. The Hall–Kier alpha value is -2.95. The quantitative estimate of drug-likeness (QED) is 0.507. The molecule has 0 spiro atoms. The fourth-order valence-corrected chi connectivity index (χ4v) is 6.05. The highest BCUT2D eigenvalue weighted by molar-refractivity contribution is 5.77. The molecule has 0 bridgehead atoms. The average molecular weight is 541 g/mol. The zero-order chi connectivity index (χ0) is 27.5. The topological polar surface area (TPSA) is 127 Å². The number of nitrogens with two attached hydrogens (primary N) is 1. The molecule has 0 aromatic carbocycles. The van der Waals surface area contributed by atoms with Crippen LogP contribution in [0.25, 0.3) is 0 Å². The van der Waals surface area contributed by atoms with Gasteiger partial charge < -0.3 is 29.7 Å². The first kappa shape index (κ1) is 27.6. The molecule has 0 radical (unpaired) electrons. The molecule has 3 aliphatic heterocycles. The van der Waals surface area contributed by atoms with Crippen LogP contribution in [0.5, 0.6) is 5.75 Å². The summed E-state index contributed by atoms with van der Waals surface area (Å²) in [5.41, 5.74) is 6.44. The Kier molecular flexibility index (Phi) is 8.54. The molecule has 1 amide bonds. The fraction of sp³-hybridized carbons (Fsp3) is 0.750. The minimum Gasteiger partial charge on any atom is -0.490 e. The molecular formula is C28H44N8O3. The van der Waals surface area contributed by atoms with Gasteiger partial charge in [-0.3, -0.25) is 4.79 Å². The monoisotopic (exact) mass is 540 g/mol. The summed E-state index contributed by atoms with van der Waals surface area (Å²) in [6, 6.07) is 0.569. The van der Waals surface area contributed by atoms with Crippen LogP contribution in [-0.4, -0.2) is 82.3 Å². The highest BCUT2D eigenvalue weighted by Crippen LogP contribution is 2.30. The third-order valence-corrected chi connectivity index (χ3v) is 8.74. The summed E-state index contributed by atoms with van der Waals surface area (Å²) in [4.78, 5) is 32.5. The molecule has 2 aromatic heterocycles. The summed E-state index contributed by atoms with van der Waals surface area (Å²) >= 11 is 0. The van der Waals surface area contributed by atoms with Gasteiger partial charge in [0, 0.05) is 51.1 Å². The predicted octanol–water partition coefficient (Wildman–Crippen LogP) is 3.08. The van der Waals surface area contributed by atoms with Crippen molar-refractivity contribution in [3.05, 3.63) is 18.2 Å². The average Bonchev–Trinajstić information content (AvgIpc) is 3.57. The Morgan fingerprint density at radius 1 is 1.08 bits per heavy atom. The number of aromatic nitrogens is 4. The van der Waals surface area contributed by atoms with Crippen molar-refractivity contribution in [2.75, 3.05) is 49.1 Å². The van der Waals surface area contributed by atoms with Crippen LogP contribution in [0.15, 0.2) is 16.9 Å². The maximum Gasteiger partial charge on any atom is 0.324 e. The number of carbonyl (C=O) groups excluding carboxylic acids is 1. The van der Waals surface area contributed by atoms with E-state index in [1.165, 1.54) is 0 Å². The van der Waals surface area contributed by atoms with Crippen LogP contribution in [-0.2, 0) is 4.79 Å². The van der Waals surface area contributed by atoms with Crippen molar-refractivity contribution in [3.8, 4) is 5.75 Å². The SMILES string of the molecule is CC1CCN([C@H]2CN(c3ncc(OCC[C@@H](C)C4CCN(c5nc(C(C)C)no5)CC4)cn3)C[C@@H]2N)C(=O)C1. The number of amides is 1. The molecule has 0 aliphatic carbocycles. The molecule has 2 aromatic rings. The van der Waals surface area contributed by atoms with Gasteiger partial charge in [-0.1, -0.05) is 32.9 Å². The first-order valence-corrected chi connectivity index (χ1v) is 14.6.